The molecule has 1 aromatic heterocycles. The van der Waals surface area contributed by atoms with Crippen molar-refractivity contribution in [3.05, 3.63) is 39.9 Å². The molecule has 0 bridgehead atoms. The highest BCUT2D eigenvalue weighted by atomic mass is 79.9. The van der Waals surface area contributed by atoms with Crippen LogP contribution in [0.25, 0.3) is 5.69 Å². The zero-order valence-corrected chi connectivity index (χ0v) is 14.0. The van der Waals surface area contributed by atoms with Crippen molar-refractivity contribution in [2.24, 2.45) is 0 Å². The Morgan fingerprint density at radius 1 is 1.35 bits per heavy atom. The molecule has 0 aliphatic rings. The first-order valence-corrected chi connectivity index (χ1v) is 7.75. The van der Waals surface area contributed by atoms with Crippen LogP contribution in [0.3, 0.4) is 0 Å². The Bertz CT molecular complexity index is 592. The molecule has 1 aromatic carbocycles. The molecule has 20 heavy (non-hydrogen) atoms. The fourth-order valence-electron chi connectivity index (χ4n) is 2.29. The third-order valence-electron chi connectivity index (χ3n) is 3.26. The minimum Gasteiger partial charge on any atom is -0.310 e. The smallest absolute Gasteiger partial charge is 0.148 e. The lowest BCUT2D eigenvalue weighted by atomic mass is 10.1. The second-order valence-corrected chi connectivity index (χ2v) is 5.91. The van der Waals surface area contributed by atoms with E-state index in [9.17, 15) is 0 Å². The molecule has 0 aliphatic heterocycles. The first kappa shape index (κ1) is 15.2. The van der Waals surface area contributed by atoms with Crippen molar-refractivity contribution < 1.29 is 0 Å². The minimum absolute atomic E-state index is 0.270. The second-order valence-electron chi connectivity index (χ2n) is 5.00. The molecular weight excluding hydrogens is 316 g/mol. The molecule has 2 rings (SSSR count). The Morgan fingerprint density at radius 3 is 2.70 bits per heavy atom. The number of benzene rings is 1. The van der Waals surface area contributed by atoms with Crippen molar-refractivity contribution in [3.63, 3.8) is 0 Å². The topological polar surface area (TPSA) is 42.7 Å². The van der Waals surface area contributed by atoms with E-state index in [4.69, 9.17) is 0 Å². The van der Waals surface area contributed by atoms with Crippen LogP contribution < -0.4 is 5.32 Å². The fourth-order valence-corrected chi connectivity index (χ4v) is 2.66. The molecule has 0 fully saturated rings. The average Bonchev–Trinajstić information content (AvgIpc) is 2.74. The van der Waals surface area contributed by atoms with Gasteiger partial charge in [-0.3, -0.25) is 0 Å². The van der Waals surface area contributed by atoms with Gasteiger partial charge in [-0.25, -0.2) is 9.67 Å². The third kappa shape index (κ3) is 3.27. The zero-order chi connectivity index (χ0) is 14.7. The Kier molecular flexibility index (Phi) is 4.94. The zero-order valence-electron chi connectivity index (χ0n) is 12.4. The molecule has 1 N–H and O–H groups in total. The number of nitrogens with one attached hydrogen (secondary N) is 1. The summed E-state index contributed by atoms with van der Waals surface area (Å²) in [6, 6.07) is 6.55. The van der Waals surface area contributed by atoms with Crippen molar-refractivity contribution >= 4 is 15.9 Å². The van der Waals surface area contributed by atoms with Crippen molar-refractivity contribution in [1.82, 2.24) is 20.1 Å². The Balaban J connectivity index is 2.45. The molecule has 4 nitrogen and oxygen atoms in total. The molecule has 1 unspecified atom stereocenters. The van der Waals surface area contributed by atoms with Gasteiger partial charge in [0.15, 0.2) is 0 Å². The van der Waals surface area contributed by atoms with Gasteiger partial charge in [-0.15, -0.1) is 0 Å². The van der Waals surface area contributed by atoms with E-state index in [0.717, 1.165) is 34.8 Å². The van der Waals surface area contributed by atoms with Crippen LogP contribution in [0.15, 0.2) is 22.7 Å². The van der Waals surface area contributed by atoms with Crippen LogP contribution >= 0.6 is 15.9 Å². The average molecular weight is 337 g/mol. The number of halogens is 1. The molecule has 1 atom stereocenters. The lowest BCUT2D eigenvalue weighted by molar-refractivity contribution is 0.566. The van der Waals surface area contributed by atoms with Crippen LogP contribution in [0, 0.1) is 13.8 Å². The maximum Gasteiger partial charge on any atom is 0.148 e. The first-order chi connectivity index (χ1) is 9.52. The van der Waals surface area contributed by atoms with Gasteiger partial charge >= 0.3 is 0 Å². The van der Waals surface area contributed by atoms with E-state index in [1.165, 1.54) is 5.56 Å². The highest BCUT2D eigenvalue weighted by Gasteiger charge is 2.15. The summed E-state index contributed by atoms with van der Waals surface area (Å²) in [5.41, 5.74) is 2.31. The molecule has 0 saturated heterocycles. The Morgan fingerprint density at radius 2 is 2.10 bits per heavy atom. The summed E-state index contributed by atoms with van der Waals surface area (Å²) in [7, 11) is 0. The summed E-state index contributed by atoms with van der Waals surface area (Å²) >= 11 is 3.56. The Hall–Kier alpha value is -1.20. The molecular formula is C15H21BrN4. The monoisotopic (exact) mass is 336 g/mol. The van der Waals surface area contributed by atoms with E-state index in [1.807, 2.05) is 24.6 Å². The predicted molar refractivity (Wildman–Crippen MR) is 85.2 cm³/mol. The number of hydrogen-bond acceptors (Lipinski definition) is 3. The number of rotatable bonds is 5. The van der Waals surface area contributed by atoms with E-state index in [-0.39, 0.29) is 6.04 Å². The highest BCUT2D eigenvalue weighted by molar-refractivity contribution is 9.10. The molecule has 0 amide bonds. The lowest BCUT2D eigenvalue weighted by Gasteiger charge is -2.18. The summed E-state index contributed by atoms with van der Waals surface area (Å²) in [5, 5.41) is 8.03. The van der Waals surface area contributed by atoms with Gasteiger partial charge in [-0.05, 0) is 57.5 Å². The lowest BCUT2D eigenvalue weighted by Crippen LogP contribution is -2.21. The molecule has 0 spiro atoms. The van der Waals surface area contributed by atoms with Crippen LogP contribution in [0.2, 0.25) is 0 Å². The summed E-state index contributed by atoms with van der Waals surface area (Å²) in [6.07, 6.45) is 1.12. The van der Waals surface area contributed by atoms with Crippen molar-refractivity contribution in [3.8, 4) is 5.69 Å². The summed E-state index contributed by atoms with van der Waals surface area (Å²) < 4.78 is 3.00. The first-order valence-electron chi connectivity index (χ1n) is 6.96. The standard InChI is InChI=1S/C15H21BrN4/c1-5-8-17-10(2)14-9-13(16)6-7-15(14)20-12(4)18-11(3)19-20/h6-7,9-10,17H,5,8H2,1-4H3. The summed E-state index contributed by atoms with van der Waals surface area (Å²) in [5.74, 6) is 1.71. The number of nitrogens with zero attached hydrogens (tertiary/aromatic N) is 3. The van der Waals surface area contributed by atoms with Gasteiger partial charge in [0.05, 0.1) is 5.69 Å². The van der Waals surface area contributed by atoms with Crippen LogP contribution in [-0.4, -0.2) is 21.3 Å². The van der Waals surface area contributed by atoms with E-state index in [0.29, 0.717) is 0 Å². The van der Waals surface area contributed by atoms with Gasteiger partial charge in [-0.1, -0.05) is 22.9 Å². The molecule has 1 heterocycles. The van der Waals surface area contributed by atoms with Crippen molar-refractivity contribution in [1.29, 1.82) is 0 Å². The normalized spacial score (nSPS) is 12.7. The SMILES string of the molecule is CCCNC(C)c1cc(Br)ccc1-n1nc(C)nc1C. The van der Waals surface area contributed by atoms with Crippen molar-refractivity contribution in [2.75, 3.05) is 6.54 Å². The van der Waals surface area contributed by atoms with Crippen LogP contribution in [0.4, 0.5) is 0 Å². The predicted octanol–water partition coefficient (Wildman–Crippen LogP) is 3.71. The van der Waals surface area contributed by atoms with Gasteiger partial charge in [0.1, 0.15) is 11.6 Å². The van der Waals surface area contributed by atoms with Gasteiger partial charge in [-0.2, -0.15) is 5.10 Å². The minimum atomic E-state index is 0.270. The summed E-state index contributed by atoms with van der Waals surface area (Å²) in [6.45, 7) is 9.26. The van der Waals surface area contributed by atoms with Gasteiger partial charge < -0.3 is 5.32 Å². The number of aromatic nitrogens is 3. The van der Waals surface area contributed by atoms with Crippen LogP contribution in [0.5, 0.6) is 0 Å². The van der Waals surface area contributed by atoms with Crippen molar-refractivity contribution in [2.45, 2.75) is 40.2 Å². The molecule has 108 valence electrons. The quantitative estimate of drug-likeness (QED) is 0.904. The Labute approximate surface area is 128 Å². The molecule has 0 radical (unpaired) electrons. The molecule has 0 saturated carbocycles. The van der Waals surface area contributed by atoms with E-state index in [1.54, 1.807) is 0 Å². The maximum atomic E-state index is 4.50. The summed E-state index contributed by atoms with van der Waals surface area (Å²) in [4.78, 5) is 4.39. The fraction of sp³-hybridized carbons (Fsp3) is 0.467. The largest absolute Gasteiger partial charge is 0.310 e. The number of aryl methyl sites for hydroxylation is 2. The van der Waals surface area contributed by atoms with Gasteiger partial charge in [0, 0.05) is 10.5 Å². The van der Waals surface area contributed by atoms with Crippen LogP contribution in [-0.2, 0) is 0 Å². The molecule has 2 aromatic rings. The second kappa shape index (κ2) is 6.50. The number of hydrogen-bond donors (Lipinski definition) is 1. The third-order valence-corrected chi connectivity index (χ3v) is 3.75. The van der Waals surface area contributed by atoms with Gasteiger partial charge in [0.2, 0.25) is 0 Å². The van der Waals surface area contributed by atoms with E-state index >= 15 is 0 Å². The van der Waals surface area contributed by atoms with Crippen LogP contribution in [0.1, 0.15) is 43.5 Å². The highest BCUT2D eigenvalue weighted by Crippen LogP contribution is 2.26. The molecule has 5 heteroatoms. The van der Waals surface area contributed by atoms with E-state index < -0.39 is 0 Å². The van der Waals surface area contributed by atoms with E-state index in [2.05, 4.69) is 57.3 Å². The van der Waals surface area contributed by atoms with Gasteiger partial charge in [0.25, 0.3) is 0 Å². The molecule has 0 aliphatic carbocycles. The maximum absolute atomic E-state index is 4.50.